The van der Waals surface area contributed by atoms with Gasteiger partial charge in [-0.15, -0.1) is 0 Å². The van der Waals surface area contributed by atoms with Gasteiger partial charge in [0.15, 0.2) is 0 Å². The first-order chi connectivity index (χ1) is 10.6. The minimum atomic E-state index is 0.197. The minimum absolute atomic E-state index is 0.197. The molecule has 1 rings (SSSR count). The van der Waals surface area contributed by atoms with Crippen LogP contribution in [-0.2, 0) is 17.3 Å². The number of benzene rings is 1. The summed E-state index contributed by atoms with van der Waals surface area (Å²) in [7, 11) is 0. The Kier molecular flexibility index (Phi) is 6.07. The van der Waals surface area contributed by atoms with Crippen LogP contribution in [0.4, 0.5) is 0 Å². The van der Waals surface area contributed by atoms with Gasteiger partial charge in [0.2, 0.25) is 0 Å². The third-order valence-electron chi connectivity index (χ3n) is 5.92. The monoisotopic (exact) mass is 330 g/mol. The van der Waals surface area contributed by atoms with E-state index in [2.05, 4.69) is 89.2 Å². The van der Waals surface area contributed by atoms with E-state index in [-0.39, 0.29) is 10.8 Å². The van der Waals surface area contributed by atoms with Gasteiger partial charge in [0.1, 0.15) is 0 Å². The second-order valence-electron chi connectivity index (χ2n) is 11.0. The zero-order chi connectivity index (χ0) is 19.1. The normalized spacial score (nSPS) is 14.8. The van der Waals surface area contributed by atoms with Crippen molar-refractivity contribution in [2.24, 2.45) is 11.3 Å². The zero-order valence-electron chi connectivity index (χ0n) is 18.6. The topological polar surface area (TPSA) is 0 Å². The molecule has 1 aromatic rings. The van der Waals surface area contributed by atoms with Gasteiger partial charge in [-0.05, 0) is 76.7 Å². The Morgan fingerprint density at radius 3 is 1.42 bits per heavy atom. The Hall–Kier alpha value is -0.780. The lowest BCUT2D eigenvalue weighted by molar-refractivity contribution is 0.247. The molecule has 0 bridgehead atoms. The van der Waals surface area contributed by atoms with Gasteiger partial charge in [-0.25, -0.2) is 0 Å². The minimum Gasteiger partial charge on any atom is -0.0620 e. The van der Waals surface area contributed by atoms with E-state index in [9.17, 15) is 0 Å². The maximum atomic E-state index is 2.49. The molecule has 0 nitrogen and oxygen atoms in total. The molecule has 0 amide bonds. The van der Waals surface area contributed by atoms with Gasteiger partial charge in [0.05, 0.1) is 0 Å². The Balaban J connectivity index is 3.42. The average Bonchev–Trinajstić information content (AvgIpc) is 2.33. The molecule has 0 radical (unpaired) electrons. The van der Waals surface area contributed by atoms with Crippen LogP contribution in [0.15, 0.2) is 6.07 Å². The Bertz CT molecular complexity index is 530. The van der Waals surface area contributed by atoms with Gasteiger partial charge in [-0.1, -0.05) is 75.3 Å². The van der Waals surface area contributed by atoms with Crippen molar-refractivity contribution in [1.29, 1.82) is 0 Å². The van der Waals surface area contributed by atoms with Crippen LogP contribution >= 0.6 is 0 Å². The van der Waals surface area contributed by atoms with Crippen LogP contribution in [0.2, 0.25) is 0 Å². The molecule has 0 aliphatic heterocycles. The molecule has 0 spiro atoms. The molecule has 0 fully saturated rings. The average molecular weight is 331 g/mol. The van der Waals surface area contributed by atoms with Crippen molar-refractivity contribution < 1.29 is 0 Å². The Morgan fingerprint density at radius 2 is 1.12 bits per heavy atom. The van der Waals surface area contributed by atoms with Gasteiger partial charge in [0, 0.05) is 0 Å². The summed E-state index contributed by atoms with van der Waals surface area (Å²) in [5.74, 6) is 0.729. The van der Waals surface area contributed by atoms with Crippen LogP contribution in [0.5, 0.6) is 0 Å². The highest BCUT2D eigenvalue weighted by molar-refractivity contribution is 5.49. The lowest BCUT2D eigenvalue weighted by Crippen LogP contribution is -2.22. The largest absolute Gasteiger partial charge is 0.0620 e. The third-order valence-corrected chi connectivity index (χ3v) is 5.92. The molecular weight excluding hydrogens is 288 g/mol. The molecule has 0 saturated heterocycles. The van der Waals surface area contributed by atoms with E-state index in [1.54, 1.807) is 5.56 Å². The zero-order valence-corrected chi connectivity index (χ0v) is 18.6. The summed E-state index contributed by atoms with van der Waals surface area (Å²) in [6.07, 6.45) is 2.46. The molecule has 138 valence electrons. The SMILES string of the molecule is Cc1c(C(C)(C)C)cc(C(C)(C)C)c(C)c1CCC(C)C(C)(C)C. The summed E-state index contributed by atoms with van der Waals surface area (Å²) in [4.78, 5) is 0. The first-order valence-corrected chi connectivity index (χ1v) is 9.71. The molecule has 0 aliphatic rings. The van der Waals surface area contributed by atoms with Crippen LogP contribution in [0.25, 0.3) is 0 Å². The fraction of sp³-hybridized carbons (Fsp3) is 0.750. The molecule has 0 saturated carbocycles. The third kappa shape index (κ3) is 4.87. The summed E-state index contributed by atoms with van der Waals surface area (Å²) < 4.78 is 0. The van der Waals surface area contributed by atoms with E-state index in [0.29, 0.717) is 5.41 Å². The van der Waals surface area contributed by atoms with E-state index in [1.807, 2.05) is 0 Å². The summed E-state index contributed by atoms with van der Waals surface area (Å²) in [6, 6.07) is 2.49. The molecule has 1 unspecified atom stereocenters. The molecular formula is C24H42. The second-order valence-corrected chi connectivity index (χ2v) is 11.0. The van der Waals surface area contributed by atoms with Gasteiger partial charge in [-0.2, -0.15) is 0 Å². The molecule has 24 heavy (non-hydrogen) atoms. The van der Waals surface area contributed by atoms with Crippen molar-refractivity contribution in [2.75, 3.05) is 0 Å². The summed E-state index contributed by atoms with van der Waals surface area (Å²) in [5, 5.41) is 0. The highest BCUT2D eigenvalue weighted by atomic mass is 14.3. The van der Waals surface area contributed by atoms with E-state index in [4.69, 9.17) is 0 Å². The fourth-order valence-corrected chi connectivity index (χ4v) is 3.69. The van der Waals surface area contributed by atoms with Crippen LogP contribution in [0.1, 0.15) is 103 Å². The molecule has 0 aliphatic carbocycles. The first-order valence-electron chi connectivity index (χ1n) is 9.71. The predicted octanol–water partition coefficient (Wildman–Crippen LogP) is 7.51. The lowest BCUT2D eigenvalue weighted by Gasteiger charge is -2.32. The van der Waals surface area contributed by atoms with Crippen molar-refractivity contribution >= 4 is 0 Å². The summed E-state index contributed by atoms with van der Waals surface area (Å²) in [6.45, 7) is 28.3. The number of hydrogen-bond donors (Lipinski definition) is 0. The fourth-order valence-electron chi connectivity index (χ4n) is 3.69. The van der Waals surface area contributed by atoms with Gasteiger partial charge < -0.3 is 0 Å². The Morgan fingerprint density at radius 1 is 0.750 bits per heavy atom. The number of hydrogen-bond acceptors (Lipinski definition) is 0. The van der Waals surface area contributed by atoms with E-state index >= 15 is 0 Å². The van der Waals surface area contributed by atoms with Crippen LogP contribution in [-0.4, -0.2) is 0 Å². The summed E-state index contributed by atoms with van der Waals surface area (Å²) >= 11 is 0. The standard InChI is InChI=1S/C24H42/c1-16(22(4,5)6)13-14-19-17(2)20(23(7,8)9)15-21(18(19)3)24(10,11)12/h15-16H,13-14H2,1-12H3. The van der Waals surface area contributed by atoms with Gasteiger partial charge in [-0.3, -0.25) is 0 Å². The molecule has 0 N–H and O–H groups in total. The van der Waals surface area contributed by atoms with E-state index < -0.39 is 0 Å². The number of rotatable bonds is 3. The van der Waals surface area contributed by atoms with Crippen LogP contribution < -0.4 is 0 Å². The maximum Gasteiger partial charge on any atom is -0.0129 e. The molecule has 0 heterocycles. The van der Waals surface area contributed by atoms with Crippen LogP contribution in [0, 0.1) is 25.2 Å². The van der Waals surface area contributed by atoms with Crippen molar-refractivity contribution in [3.8, 4) is 0 Å². The molecule has 0 aromatic heterocycles. The highest BCUT2D eigenvalue weighted by Crippen LogP contribution is 2.38. The van der Waals surface area contributed by atoms with Gasteiger partial charge in [0.25, 0.3) is 0 Å². The van der Waals surface area contributed by atoms with Crippen molar-refractivity contribution in [3.05, 3.63) is 33.9 Å². The molecule has 1 atom stereocenters. The first kappa shape index (κ1) is 21.3. The smallest absolute Gasteiger partial charge is 0.0129 e. The second kappa shape index (κ2) is 6.85. The quantitative estimate of drug-likeness (QED) is 0.537. The highest BCUT2D eigenvalue weighted by Gasteiger charge is 2.27. The van der Waals surface area contributed by atoms with E-state index in [1.165, 1.54) is 35.1 Å². The Labute approximate surface area is 152 Å². The van der Waals surface area contributed by atoms with Crippen molar-refractivity contribution in [2.45, 2.75) is 107 Å². The summed E-state index contributed by atoms with van der Waals surface area (Å²) in [5.41, 5.74) is 8.47. The predicted molar refractivity (Wildman–Crippen MR) is 110 cm³/mol. The van der Waals surface area contributed by atoms with Crippen LogP contribution in [0.3, 0.4) is 0 Å². The lowest BCUT2D eigenvalue weighted by atomic mass is 9.73. The van der Waals surface area contributed by atoms with E-state index in [0.717, 1.165) is 5.92 Å². The van der Waals surface area contributed by atoms with Gasteiger partial charge >= 0.3 is 0 Å². The molecule has 0 heteroatoms. The molecule has 1 aromatic carbocycles. The van der Waals surface area contributed by atoms with Crippen molar-refractivity contribution in [3.63, 3.8) is 0 Å². The van der Waals surface area contributed by atoms with Crippen molar-refractivity contribution in [1.82, 2.24) is 0 Å². The maximum absolute atomic E-state index is 2.49.